The Morgan fingerprint density at radius 1 is 1.30 bits per heavy atom. The molecule has 2 amide bonds. The minimum absolute atomic E-state index is 0.169. The maximum Gasteiger partial charge on any atom is 0.326 e. The standard InChI is InChI=1S/C12H13F3N2O3/c1-2-3-8(11(18)19)16-12(20)17-9-5-6(13)4-7(14)10(9)15/h4-5,8H,2-3H2,1H3,(H,18,19)(H2,16,17,20)/t8-/m1/s1. The molecule has 1 aromatic carbocycles. The molecule has 0 aliphatic carbocycles. The molecule has 1 atom stereocenters. The number of amides is 2. The third-order valence-electron chi connectivity index (χ3n) is 2.42. The molecule has 3 N–H and O–H groups in total. The Morgan fingerprint density at radius 3 is 2.50 bits per heavy atom. The van der Waals surface area contributed by atoms with E-state index in [1.807, 2.05) is 5.32 Å². The van der Waals surface area contributed by atoms with Gasteiger partial charge in [0.2, 0.25) is 0 Å². The number of anilines is 1. The molecule has 0 radical (unpaired) electrons. The number of benzene rings is 1. The van der Waals surface area contributed by atoms with Gasteiger partial charge < -0.3 is 15.7 Å². The molecule has 1 rings (SSSR count). The third kappa shape index (κ3) is 4.15. The first-order valence-corrected chi connectivity index (χ1v) is 5.80. The van der Waals surface area contributed by atoms with Crippen LogP contribution in [0.25, 0.3) is 0 Å². The van der Waals surface area contributed by atoms with E-state index in [1.54, 1.807) is 6.92 Å². The predicted octanol–water partition coefficient (Wildman–Crippen LogP) is 2.48. The summed E-state index contributed by atoms with van der Waals surface area (Å²) in [6, 6.07) is -1.31. The first-order valence-electron chi connectivity index (χ1n) is 5.80. The van der Waals surface area contributed by atoms with Gasteiger partial charge in [-0.25, -0.2) is 22.8 Å². The lowest BCUT2D eigenvalue weighted by molar-refractivity contribution is -0.139. The fourth-order valence-corrected chi connectivity index (χ4v) is 1.51. The highest BCUT2D eigenvalue weighted by Crippen LogP contribution is 2.19. The van der Waals surface area contributed by atoms with Gasteiger partial charge in [0.1, 0.15) is 11.9 Å². The van der Waals surface area contributed by atoms with E-state index in [0.29, 0.717) is 18.6 Å². The number of carbonyl (C=O) groups excluding carboxylic acids is 1. The Bertz CT molecular complexity index is 523. The molecule has 0 aliphatic rings. The summed E-state index contributed by atoms with van der Waals surface area (Å²) in [7, 11) is 0. The van der Waals surface area contributed by atoms with Gasteiger partial charge in [-0.3, -0.25) is 0 Å². The van der Waals surface area contributed by atoms with Crippen molar-refractivity contribution in [3.63, 3.8) is 0 Å². The van der Waals surface area contributed by atoms with Gasteiger partial charge >= 0.3 is 12.0 Å². The Balaban J connectivity index is 2.78. The monoisotopic (exact) mass is 290 g/mol. The smallest absolute Gasteiger partial charge is 0.326 e. The van der Waals surface area contributed by atoms with Crippen LogP contribution in [0.15, 0.2) is 12.1 Å². The number of hydrogen-bond donors (Lipinski definition) is 3. The number of carbonyl (C=O) groups is 2. The molecule has 8 heteroatoms. The number of halogens is 3. The van der Waals surface area contributed by atoms with Crippen molar-refractivity contribution in [2.24, 2.45) is 0 Å². The van der Waals surface area contributed by atoms with E-state index in [0.717, 1.165) is 0 Å². The summed E-state index contributed by atoms with van der Waals surface area (Å²) in [5.41, 5.74) is -0.708. The normalized spacial score (nSPS) is 11.8. The summed E-state index contributed by atoms with van der Waals surface area (Å²) in [6.07, 6.45) is 0.670. The molecule has 0 spiro atoms. The second kappa shape index (κ2) is 6.78. The molecular formula is C12H13F3N2O3. The zero-order valence-electron chi connectivity index (χ0n) is 10.5. The molecule has 5 nitrogen and oxygen atoms in total. The molecule has 0 aliphatic heterocycles. The second-order valence-corrected chi connectivity index (χ2v) is 4.03. The number of aliphatic carboxylic acids is 1. The summed E-state index contributed by atoms with van der Waals surface area (Å²) >= 11 is 0. The van der Waals surface area contributed by atoms with Gasteiger partial charge in [0, 0.05) is 12.1 Å². The van der Waals surface area contributed by atoms with Crippen molar-refractivity contribution in [1.29, 1.82) is 0 Å². The van der Waals surface area contributed by atoms with Crippen molar-refractivity contribution in [2.45, 2.75) is 25.8 Å². The van der Waals surface area contributed by atoms with Crippen molar-refractivity contribution in [3.8, 4) is 0 Å². The van der Waals surface area contributed by atoms with Crippen LogP contribution in [0, 0.1) is 17.5 Å². The second-order valence-electron chi connectivity index (χ2n) is 4.03. The number of nitrogens with one attached hydrogen (secondary N) is 2. The topological polar surface area (TPSA) is 78.4 Å². The lowest BCUT2D eigenvalue weighted by Gasteiger charge is -2.14. The summed E-state index contributed by atoms with van der Waals surface area (Å²) in [4.78, 5) is 22.3. The molecule has 0 bridgehead atoms. The summed E-state index contributed by atoms with van der Waals surface area (Å²) < 4.78 is 39.1. The van der Waals surface area contributed by atoms with Gasteiger partial charge in [-0.2, -0.15) is 0 Å². The molecule has 20 heavy (non-hydrogen) atoms. The van der Waals surface area contributed by atoms with Crippen LogP contribution in [-0.2, 0) is 4.79 Å². The van der Waals surface area contributed by atoms with E-state index in [-0.39, 0.29) is 6.42 Å². The number of rotatable bonds is 5. The van der Waals surface area contributed by atoms with Gasteiger partial charge in [-0.15, -0.1) is 0 Å². The van der Waals surface area contributed by atoms with E-state index < -0.39 is 41.2 Å². The van der Waals surface area contributed by atoms with Crippen molar-refractivity contribution in [2.75, 3.05) is 5.32 Å². The van der Waals surface area contributed by atoms with Gasteiger partial charge in [-0.1, -0.05) is 13.3 Å². The van der Waals surface area contributed by atoms with Crippen LogP contribution in [0.2, 0.25) is 0 Å². The molecular weight excluding hydrogens is 277 g/mol. The first-order chi connectivity index (χ1) is 9.35. The molecule has 0 heterocycles. The number of carboxylic acids is 1. The maximum atomic E-state index is 13.3. The van der Waals surface area contributed by atoms with E-state index in [2.05, 4.69) is 5.32 Å². The zero-order valence-corrected chi connectivity index (χ0v) is 10.5. The van der Waals surface area contributed by atoms with Gasteiger partial charge in [-0.05, 0) is 6.42 Å². The van der Waals surface area contributed by atoms with Gasteiger partial charge in [0.15, 0.2) is 11.6 Å². The van der Waals surface area contributed by atoms with Crippen molar-refractivity contribution in [1.82, 2.24) is 5.32 Å². The summed E-state index contributed by atoms with van der Waals surface area (Å²) in [5.74, 6) is -5.21. The fourth-order valence-electron chi connectivity index (χ4n) is 1.51. The largest absolute Gasteiger partial charge is 0.480 e. The predicted molar refractivity (Wildman–Crippen MR) is 64.8 cm³/mol. The van der Waals surface area contributed by atoms with Crippen molar-refractivity contribution in [3.05, 3.63) is 29.6 Å². The van der Waals surface area contributed by atoms with E-state index in [9.17, 15) is 22.8 Å². The summed E-state index contributed by atoms with van der Waals surface area (Å²) in [6.45, 7) is 1.72. The SMILES string of the molecule is CCC[C@@H](NC(=O)Nc1cc(F)cc(F)c1F)C(=O)O. The van der Waals surface area contributed by atoms with E-state index in [4.69, 9.17) is 5.11 Å². The Hall–Kier alpha value is -2.25. The fraction of sp³-hybridized carbons (Fsp3) is 0.333. The van der Waals surface area contributed by atoms with Crippen molar-refractivity contribution < 1.29 is 27.9 Å². The molecule has 110 valence electrons. The van der Waals surface area contributed by atoms with Crippen LogP contribution in [0.5, 0.6) is 0 Å². The number of hydrogen-bond acceptors (Lipinski definition) is 2. The van der Waals surface area contributed by atoms with Gasteiger partial charge in [0.05, 0.1) is 5.69 Å². The van der Waals surface area contributed by atoms with E-state index in [1.165, 1.54) is 0 Å². The van der Waals surface area contributed by atoms with Crippen LogP contribution < -0.4 is 10.6 Å². The van der Waals surface area contributed by atoms with Crippen LogP contribution in [-0.4, -0.2) is 23.1 Å². The Labute approximate surface area is 112 Å². The average molecular weight is 290 g/mol. The number of carboxylic acid groups (broad SMARTS) is 1. The van der Waals surface area contributed by atoms with E-state index >= 15 is 0 Å². The minimum Gasteiger partial charge on any atom is -0.480 e. The Morgan fingerprint density at radius 2 is 1.95 bits per heavy atom. The quantitative estimate of drug-likeness (QED) is 0.729. The highest BCUT2D eigenvalue weighted by atomic mass is 19.2. The van der Waals surface area contributed by atoms with Crippen LogP contribution in [0.4, 0.5) is 23.7 Å². The zero-order chi connectivity index (χ0) is 15.3. The van der Waals surface area contributed by atoms with Crippen LogP contribution >= 0.6 is 0 Å². The average Bonchev–Trinajstić information content (AvgIpc) is 2.34. The number of urea groups is 1. The maximum absolute atomic E-state index is 13.3. The molecule has 0 fully saturated rings. The third-order valence-corrected chi connectivity index (χ3v) is 2.42. The molecule has 0 aromatic heterocycles. The van der Waals surface area contributed by atoms with Crippen molar-refractivity contribution >= 4 is 17.7 Å². The minimum atomic E-state index is -1.45. The highest BCUT2D eigenvalue weighted by molar-refractivity contribution is 5.92. The molecule has 0 unspecified atom stereocenters. The van der Waals surface area contributed by atoms with Gasteiger partial charge in [0.25, 0.3) is 0 Å². The lowest BCUT2D eigenvalue weighted by atomic mass is 10.2. The molecule has 0 saturated heterocycles. The van der Waals surface area contributed by atoms with Crippen LogP contribution in [0.3, 0.4) is 0 Å². The Kier molecular flexibility index (Phi) is 5.36. The molecule has 1 aromatic rings. The summed E-state index contributed by atoms with van der Waals surface area (Å²) in [5, 5.41) is 12.8. The first kappa shape index (κ1) is 15.8. The highest BCUT2D eigenvalue weighted by Gasteiger charge is 2.20. The van der Waals surface area contributed by atoms with Crippen LogP contribution in [0.1, 0.15) is 19.8 Å². The lowest BCUT2D eigenvalue weighted by Crippen LogP contribution is -2.43. The molecule has 0 saturated carbocycles.